The quantitative estimate of drug-likeness (QED) is 0.348. The lowest BCUT2D eigenvalue weighted by molar-refractivity contribution is -0.384. The van der Waals surface area contributed by atoms with E-state index in [1.54, 1.807) is 12.1 Å². The van der Waals surface area contributed by atoms with Gasteiger partial charge in [-0.05, 0) is 59.3 Å². The fraction of sp³-hybridized carbons (Fsp3) is 0.125. The average Bonchev–Trinajstić information content (AvgIpc) is 2.58. The largest absolute Gasteiger partial charge is 0.479 e. The van der Waals surface area contributed by atoms with Gasteiger partial charge in [-0.25, -0.2) is 0 Å². The number of nitro benzene ring substituents is 1. The van der Waals surface area contributed by atoms with Crippen molar-refractivity contribution in [3.8, 4) is 5.75 Å². The van der Waals surface area contributed by atoms with Crippen LogP contribution in [0.15, 0.2) is 40.9 Å². The Kier molecular flexibility index (Phi) is 7.37. The van der Waals surface area contributed by atoms with Crippen molar-refractivity contribution < 1.29 is 14.5 Å². The predicted molar refractivity (Wildman–Crippen MR) is 112 cm³/mol. The number of amides is 1. The Hall–Kier alpha value is -1.94. The zero-order valence-electron chi connectivity index (χ0n) is 13.7. The second-order valence-electron chi connectivity index (χ2n) is 5.20. The van der Waals surface area contributed by atoms with E-state index in [0.29, 0.717) is 20.9 Å². The third kappa shape index (κ3) is 6.03. The molecule has 2 aromatic carbocycles. The number of halogens is 3. The topological polar surface area (TPSA) is 93.5 Å². The van der Waals surface area contributed by atoms with Gasteiger partial charge in [0.15, 0.2) is 11.2 Å². The lowest BCUT2D eigenvalue weighted by Gasteiger charge is -2.17. The molecule has 0 aromatic heterocycles. The van der Waals surface area contributed by atoms with E-state index in [-0.39, 0.29) is 15.8 Å². The maximum absolute atomic E-state index is 12.2. The molecule has 1 atom stereocenters. The van der Waals surface area contributed by atoms with Gasteiger partial charge in [-0.1, -0.05) is 23.2 Å². The van der Waals surface area contributed by atoms with Crippen molar-refractivity contribution in [3.05, 3.63) is 61.0 Å². The Balaban J connectivity index is 1.96. The maximum Gasteiger partial charge on any atom is 0.270 e. The molecule has 0 heterocycles. The van der Waals surface area contributed by atoms with E-state index in [1.165, 1.54) is 31.2 Å². The van der Waals surface area contributed by atoms with Crippen LogP contribution in [0.2, 0.25) is 10.0 Å². The molecule has 0 fully saturated rings. The van der Waals surface area contributed by atoms with Crippen molar-refractivity contribution in [2.75, 3.05) is 5.32 Å². The number of anilines is 1. The van der Waals surface area contributed by atoms with Crippen LogP contribution < -0.4 is 15.4 Å². The summed E-state index contributed by atoms with van der Waals surface area (Å²) in [7, 11) is 0. The Morgan fingerprint density at radius 1 is 1.30 bits per heavy atom. The summed E-state index contributed by atoms with van der Waals surface area (Å²) in [6.45, 7) is 1.53. The van der Waals surface area contributed by atoms with Gasteiger partial charge >= 0.3 is 0 Å². The van der Waals surface area contributed by atoms with Crippen molar-refractivity contribution in [3.63, 3.8) is 0 Å². The number of thiocarbonyl (C=S) groups is 1. The highest BCUT2D eigenvalue weighted by Gasteiger charge is 2.18. The van der Waals surface area contributed by atoms with Gasteiger partial charge in [0, 0.05) is 21.6 Å². The van der Waals surface area contributed by atoms with E-state index in [0.717, 1.165) is 0 Å². The monoisotopic (exact) mass is 491 g/mol. The van der Waals surface area contributed by atoms with Gasteiger partial charge in [0.1, 0.15) is 5.75 Å². The number of nitro groups is 1. The molecule has 2 rings (SSSR count). The van der Waals surface area contributed by atoms with E-state index in [1.807, 2.05) is 0 Å². The number of carbonyl (C=O) groups is 1. The molecule has 1 amide bonds. The second kappa shape index (κ2) is 9.32. The van der Waals surface area contributed by atoms with Gasteiger partial charge in [0.2, 0.25) is 0 Å². The molecule has 142 valence electrons. The summed E-state index contributed by atoms with van der Waals surface area (Å²) < 4.78 is 5.93. The van der Waals surface area contributed by atoms with Crippen molar-refractivity contribution in [1.82, 2.24) is 5.32 Å². The Morgan fingerprint density at radius 2 is 2.00 bits per heavy atom. The zero-order chi connectivity index (χ0) is 20.1. The van der Waals surface area contributed by atoms with Gasteiger partial charge < -0.3 is 10.1 Å². The van der Waals surface area contributed by atoms with E-state index in [4.69, 9.17) is 40.2 Å². The highest BCUT2D eigenvalue weighted by molar-refractivity contribution is 9.10. The SMILES string of the molecule is C[C@H](Oc1ccc(Cl)cc1Cl)C(=O)NC(=S)Nc1ccc([N+](=O)[O-])cc1Br. The third-order valence-corrected chi connectivity index (χ3v) is 4.61. The summed E-state index contributed by atoms with van der Waals surface area (Å²) >= 11 is 20.1. The first-order valence-electron chi connectivity index (χ1n) is 7.35. The molecule has 0 radical (unpaired) electrons. The molecule has 11 heteroatoms. The Bertz CT molecular complexity index is 913. The lowest BCUT2D eigenvalue weighted by atomic mass is 10.3. The van der Waals surface area contributed by atoms with E-state index < -0.39 is 16.9 Å². The number of benzene rings is 2. The molecule has 0 aliphatic heterocycles. The average molecular weight is 493 g/mol. The summed E-state index contributed by atoms with van der Waals surface area (Å²) in [5.41, 5.74) is 0.379. The minimum Gasteiger partial charge on any atom is -0.479 e. The highest BCUT2D eigenvalue weighted by Crippen LogP contribution is 2.29. The molecule has 0 aliphatic carbocycles. The van der Waals surface area contributed by atoms with Gasteiger partial charge in [-0.3, -0.25) is 20.2 Å². The number of hydrogen-bond donors (Lipinski definition) is 2. The molecular formula is C16H12BrCl2N3O4S. The standard InChI is InChI=1S/C16H12BrCl2N3O4S/c1-8(26-14-5-2-9(18)6-12(14)19)15(23)21-16(27)20-13-4-3-10(22(24)25)7-11(13)17/h2-8H,1H3,(H2,20,21,23,27)/t8-/m0/s1. The molecule has 0 saturated heterocycles. The van der Waals surface area contributed by atoms with Crippen LogP contribution in [-0.4, -0.2) is 22.0 Å². The molecule has 0 bridgehead atoms. The van der Waals surface area contributed by atoms with Gasteiger partial charge in [0.25, 0.3) is 11.6 Å². The smallest absolute Gasteiger partial charge is 0.270 e. The fourth-order valence-corrected chi connectivity index (χ4v) is 3.03. The molecule has 2 aromatic rings. The van der Waals surface area contributed by atoms with Crippen LogP contribution in [0.5, 0.6) is 5.75 Å². The molecule has 27 heavy (non-hydrogen) atoms. The Labute approximate surface area is 178 Å². The summed E-state index contributed by atoms with van der Waals surface area (Å²) in [4.78, 5) is 22.5. The van der Waals surface area contributed by atoms with Crippen LogP contribution >= 0.6 is 51.3 Å². The van der Waals surface area contributed by atoms with Gasteiger partial charge in [-0.2, -0.15) is 0 Å². The van der Waals surface area contributed by atoms with Crippen molar-refractivity contribution >= 4 is 73.7 Å². The molecule has 0 saturated carbocycles. The van der Waals surface area contributed by atoms with Gasteiger partial charge in [0.05, 0.1) is 15.6 Å². The molecule has 0 spiro atoms. The normalized spacial score (nSPS) is 11.4. The van der Waals surface area contributed by atoms with Crippen LogP contribution in [0, 0.1) is 10.1 Å². The minimum atomic E-state index is -0.885. The van der Waals surface area contributed by atoms with E-state index in [9.17, 15) is 14.9 Å². The first-order chi connectivity index (χ1) is 12.7. The number of ether oxygens (including phenoxy) is 1. The fourth-order valence-electron chi connectivity index (χ4n) is 1.90. The van der Waals surface area contributed by atoms with Gasteiger partial charge in [-0.15, -0.1) is 0 Å². The number of nitrogens with zero attached hydrogens (tertiary/aromatic N) is 1. The predicted octanol–water partition coefficient (Wildman–Crippen LogP) is 4.94. The highest BCUT2D eigenvalue weighted by atomic mass is 79.9. The van der Waals surface area contributed by atoms with Crippen molar-refractivity contribution in [2.24, 2.45) is 0 Å². The van der Waals surface area contributed by atoms with Crippen molar-refractivity contribution in [1.29, 1.82) is 0 Å². The van der Waals surface area contributed by atoms with Crippen LogP contribution in [0.25, 0.3) is 0 Å². The summed E-state index contributed by atoms with van der Waals surface area (Å²) in [6, 6.07) is 8.74. The summed E-state index contributed by atoms with van der Waals surface area (Å²) in [5.74, 6) is -0.197. The number of nitrogens with one attached hydrogen (secondary N) is 2. The number of rotatable bonds is 5. The Morgan fingerprint density at radius 3 is 2.59 bits per heavy atom. The van der Waals surface area contributed by atoms with Crippen molar-refractivity contribution in [2.45, 2.75) is 13.0 Å². The first-order valence-corrected chi connectivity index (χ1v) is 9.30. The lowest BCUT2D eigenvalue weighted by Crippen LogP contribution is -2.42. The molecule has 2 N–H and O–H groups in total. The molecular weight excluding hydrogens is 481 g/mol. The maximum atomic E-state index is 12.2. The number of carbonyl (C=O) groups excluding carboxylic acids is 1. The van der Waals surface area contributed by atoms with Crippen LogP contribution in [-0.2, 0) is 4.79 Å². The summed E-state index contributed by atoms with van der Waals surface area (Å²) in [5, 5.41) is 16.7. The van der Waals surface area contributed by atoms with Crippen LogP contribution in [0.1, 0.15) is 6.92 Å². The third-order valence-electron chi connectivity index (χ3n) is 3.22. The van der Waals surface area contributed by atoms with E-state index >= 15 is 0 Å². The summed E-state index contributed by atoms with van der Waals surface area (Å²) in [6.07, 6.45) is -0.885. The second-order valence-corrected chi connectivity index (χ2v) is 7.31. The zero-order valence-corrected chi connectivity index (χ0v) is 17.6. The van der Waals surface area contributed by atoms with E-state index in [2.05, 4.69) is 26.6 Å². The number of non-ortho nitro benzene ring substituents is 1. The molecule has 0 aliphatic rings. The molecule has 0 unspecified atom stereocenters. The first kappa shape index (κ1) is 21.4. The molecule has 7 nitrogen and oxygen atoms in total. The van der Waals surface area contributed by atoms with Crippen LogP contribution in [0.3, 0.4) is 0 Å². The van der Waals surface area contributed by atoms with Crippen LogP contribution in [0.4, 0.5) is 11.4 Å². The number of hydrogen-bond acceptors (Lipinski definition) is 5. The minimum absolute atomic E-state index is 0.00667.